The van der Waals surface area contributed by atoms with Crippen LogP contribution in [0, 0.1) is 11.8 Å². The predicted molar refractivity (Wildman–Crippen MR) is 86.9 cm³/mol. The molecule has 11 heteroatoms. The maximum absolute atomic E-state index is 12.8. The van der Waals surface area contributed by atoms with Gasteiger partial charge in [-0.05, 0) is 0 Å². The van der Waals surface area contributed by atoms with Crippen LogP contribution in [0.15, 0.2) is 0 Å². The van der Waals surface area contributed by atoms with E-state index < -0.39 is 66.7 Å². The van der Waals surface area contributed by atoms with Gasteiger partial charge >= 0.3 is 5.97 Å². The second-order valence-electron chi connectivity index (χ2n) is 7.27. The van der Waals surface area contributed by atoms with Crippen molar-refractivity contribution in [3.05, 3.63) is 0 Å². The maximum Gasteiger partial charge on any atom is 0.308 e. The highest BCUT2D eigenvalue weighted by Crippen LogP contribution is 2.54. The third-order valence-electron chi connectivity index (χ3n) is 5.74. The zero-order chi connectivity index (χ0) is 20.2. The van der Waals surface area contributed by atoms with Crippen LogP contribution in [0.4, 0.5) is 0 Å². The van der Waals surface area contributed by atoms with Crippen LogP contribution in [0.1, 0.15) is 19.8 Å². The Morgan fingerprint density at radius 2 is 1.64 bits per heavy atom. The van der Waals surface area contributed by atoms with Gasteiger partial charge in [0.05, 0.1) is 30.5 Å². The Morgan fingerprint density at radius 1 is 1.07 bits per heavy atom. The number of imide groups is 1. The first-order valence-corrected chi connectivity index (χ1v) is 9.07. The third-order valence-corrected chi connectivity index (χ3v) is 5.74. The highest BCUT2D eigenvalue weighted by molar-refractivity contribution is 6.06. The van der Waals surface area contributed by atoms with Gasteiger partial charge in [-0.1, -0.05) is 0 Å². The van der Waals surface area contributed by atoms with Crippen molar-refractivity contribution in [2.24, 2.45) is 11.8 Å². The Hall–Kier alpha value is -2.08. The van der Waals surface area contributed by atoms with Crippen LogP contribution in [0.2, 0.25) is 0 Å². The summed E-state index contributed by atoms with van der Waals surface area (Å²) in [5.41, 5.74) is 0. The van der Waals surface area contributed by atoms with E-state index in [1.54, 1.807) is 6.92 Å². The van der Waals surface area contributed by atoms with Gasteiger partial charge in [-0.15, -0.1) is 0 Å². The smallest absolute Gasteiger partial charge is 0.308 e. The van der Waals surface area contributed by atoms with Gasteiger partial charge in [0.1, 0.15) is 12.2 Å². The lowest BCUT2D eigenvalue weighted by molar-refractivity contribution is -0.330. The quantitative estimate of drug-likeness (QED) is 0.420. The summed E-state index contributed by atoms with van der Waals surface area (Å²) in [5.74, 6) is -4.54. The van der Waals surface area contributed by atoms with Crippen molar-refractivity contribution in [3.8, 4) is 0 Å². The van der Waals surface area contributed by atoms with Crippen LogP contribution in [0.5, 0.6) is 0 Å². The Kier molecular flexibility index (Phi) is 4.65. The predicted octanol–water partition coefficient (Wildman–Crippen LogP) is -1.50. The molecule has 154 valence electrons. The van der Waals surface area contributed by atoms with Crippen LogP contribution in [0.3, 0.4) is 0 Å². The minimum Gasteiger partial charge on any atom is -0.444 e. The van der Waals surface area contributed by atoms with E-state index in [1.807, 2.05) is 0 Å². The monoisotopic (exact) mass is 398 g/mol. The molecule has 0 aromatic rings. The summed E-state index contributed by atoms with van der Waals surface area (Å²) in [6, 6.07) is 0. The number of hydrogen-bond acceptors (Lipinski definition) is 9. The molecule has 5 unspecified atom stereocenters. The number of amides is 3. The number of rotatable bonds is 6. The van der Waals surface area contributed by atoms with Gasteiger partial charge in [0.15, 0.2) is 6.73 Å². The van der Waals surface area contributed by atoms with Crippen LogP contribution >= 0.6 is 0 Å². The number of methoxy groups -OCH3 is 1. The number of likely N-dealkylation sites (tertiary alicyclic amines) is 1. The summed E-state index contributed by atoms with van der Waals surface area (Å²) in [6.45, 7) is 1.14. The minimum absolute atomic E-state index is 0.0310. The van der Waals surface area contributed by atoms with Gasteiger partial charge in [-0.25, -0.2) is 4.90 Å². The molecule has 11 nitrogen and oxygen atoms in total. The van der Waals surface area contributed by atoms with Crippen LogP contribution < -0.4 is 5.32 Å². The average Bonchev–Trinajstić information content (AvgIpc) is 3.37. The topological polar surface area (TPSA) is 130 Å². The van der Waals surface area contributed by atoms with Gasteiger partial charge in [0.2, 0.25) is 17.7 Å². The molecule has 0 saturated carbocycles. The third kappa shape index (κ3) is 2.81. The van der Waals surface area contributed by atoms with Crippen molar-refractivity contribution >= 4 is 23.7 Å². The van der Waals surface area contributed by atoms with Crippen LogP contribution in [0.25, 0.3) is 0 Å². The molecule has 7 atom stereocenters. The molecular formula is C17H22N2O9. The molecule has 1 N–H and O–H groups in total. The Balaban J connectivity index is 1.39. The molecule has 0 radical (unpaired) electrons. The molecule has 0 spiro atoms. The van der Waals surface area contributed by atoms with Gasteiger partial charge < -0.3 is 29.0 Å². The van der Waals surface area contributed by atoms with Gasteiger partial charge in [0.25, 0.3) is 5.97 Å². The van der Waals surface area contributed by atoms with Gasteiger partial charge in [-0.3, -0.25) is 19.2 Å². The van der Waals surface area contributed by atoms with E-state index in [9.17, 15) is 19.2 Å². The Bertz CT molecular complexity index is 689. The Labute approximate surface area is 160 Å². The molecule has 4 aliphatic rings. The summed E-state index contributed by atoms with van der Waals surface area (Å²) in [4.78, 5) is 49.4. The number of ether oxygens (including phenoxy) is 5. The molecule has 0 aromatic heterocycles. The van der Waals surface area contributed by atoms with E-state index >= 15 is 0 Å². The summed E-state index contributed by atoms with van der Waals surface area (Å²) in [7, 11) is 2.91. The number of fused-ring (bicyclic) bond motifs is 8. The van der Waals surface area contributed by atoms with E-state index in [4.69, 9.17) is 23.7 Å². The second kappa shape index (κ2) is 6.76. The second-order valence-corrected chi connectivity index (χ2v) is 7.27. The van der Waals surface area contributed by atoms with Crippen molar-refractivity contribution in [2.75, 3.05) is 20.9 Å². The molecule has 4 fully saturated rings. The lowest BCUT2D eigenvalue weighted by Crippen LogP contribution is -2.46. The molecule has 0 aromatic carbocycles. The lowest BCUT2D eigenvalue weighted by Gasteiger charge is -2.24. The molecular weight excluding hydrogens is 376 g/mol. The molecule has 4 rings (SSSR count). The number of carbonyl (C=O) groups excluding carboxylic acids is 4. The highest BCUT2D eigenvalue weighted by atomic mass is 16.9. The van der Waals surface area contributed by atoms with Crippen molar-refractivity contribution in [1.29, 1.82) is 0 Å². The molecule has 0 aliphatic carbocycles. The van der Waals surface area contributed by atoms with E-state index in [2.05, 4.69) is 5.32 Å². The van der Waals surface area contributed by atoms with E-state index in [-0.39, 0.29) is 18.7 Å². The van der Waals surface area contributed by atoms with Crippen molar-refractivity contribution < 1.29 is 42.9 Å². The van der Waals surface area contributed by atoms with Gasteiger partial charge in [0, 0.05) is 27.5 Å². The SMILES string of the molecule is CNC(=O)CCC(=O)OCN1C(=O)C2C3O[C@@H](C2C1=O)[C@H]1OC(C)(OC)OC31. The van der Waals surface area contributed by atoms with Gasteiger partial charge in [-0.2, -0.15) is 0 Å². The standard InChI is InChI=1S/C17H22N2O9/c1-17(24-3)27-13-11-9-10(12(26-11)14(13)28-17)16(23)19(15(9)22)6-25-8(21)5-4-7(20)18-2/h9-14H,4-6H2,1-3H3,(H,18,20)/t9?,10?,11-,12?,13+,14?,17?/m0/s1. The fourth-order valence-electron chi connectivity index (χ4n) is 4.32. The summed E-state index contributed by atoms with van der Waals surface area (Å²) in [6.07, 6.45) is -2.44. The number of carbonyl (C=O) groups is 4. The van der Waals surface area contributed by atoms with E-state index in [0.29, 0.717) is 0 Å². The summed E-state index contributed by atoms with van der Waals surface area (Å²) >= 11 is 0. The van der Waals surface area contributed by atoms with Crippen molar-refractivity contribution in [1.82, 2.24) is 10.2 Å². The van der Waals surface area contributed by atoms with Crippen LogP contribution in [-0.4, -0.2) is 79.9 Å². The first-order chi connectivity index (χ1) is 13.3. The number of nitrogens with zero attached hydrogens (tertiary/aromatic N) is 1. The van der Waals surface area contributed by atoms with Crippen molar-refractivity contribution in [3.63, 3.8) is 0 Å². The molecule has 4 saturated heterocycles. The first kappa shape index (κ1) is 19.2. The molecule has 2 bridgehead atoms. The molecule has 4 aliphatic heterocycles. The molecule has 3 amide bonds. The zero-order valence-electron chi connectivity index (χ0n) is 15.7. The molecule has 4 heterocycles. The lowest BCUT2D eigenvalue weighted by atomic mass is 9.78. The largest absolute Gasteiger partial charge is 0.444 e. The van der Waals surface area contributed by atoms with E-state index in [0.717, 1.165) is 4.90 Å². The number of hydrogen-bond donors (Lipinski definition) is 1. The maximum atomic E-state index is 12.8. The summed E-state index contributed by atoms with van der Waals surface area (Å²) < 4.78 is 27.6. The fraction of sp³-hybridized carbons (Fsp3) is 0.765. The summed E-state index contributed by atoms with van der Waals surface area (Å²) in [5, 5.41) is 2.39. The van der Waals surface area contributed by atoms with E-state index in [1.165, 1.54) is 14.2 Å². The average molecular weight is 398 g/mol. The highest BCUT2D eigenvalue weighted by Gasteiger charge is 2.73. The minimum atomic E-state index is -1.24. The first-order valence-electron chi connectivity index (χ1n) is 9.07. The fourth-order valence-corrected chi connectivity index (χ4v) is 4.32. The zero-order valence-corrected chi connectivity index (χ0v) is 15.7. The number of esters is 1. The molecule has 28 heavy (non-hydrogen) atoms. The van der Waals surface area contributed by atoms with Crippen molar-refractivity contribution in [2.45, 2.75) is 50.2 Å². The Morgan fingerprint density at radius 3 is 2.14 bits per heavy atom. The van der Waals surface area contributed by atoms with Crippen LogP contribution in [-0.2, 0) is 42.9 Å². The normalized spacial score (nSPS) is 40.6. The number of nitrogens with one attached hydrogen (secondary N) is 1.